The van der Waals surface area contributed by atoms with Crippen LogP contribution >= 0.6 is 127 Å². The van der Waals surface area contributed by atoms with Gasteiger partial charge in [0.05, 0.1) is 25.1 Å². The Labute approximate surface area is 758 Å². The number of carbonyl (C=O) groups is 5. The van der Waals surface area contributed by atoms with E-state index >= 15 is 0 Å². The zero-order chi connectivity index (χ0) is 87.8. The number of amides is 5. The van der Waals surface area contributed by atoms with Crippen LogP contribution in [-0.4, -0.2) is 103 Å². The normalized spacial score (nSPS) is 12.3. The Hall–Kier alpha value is -9.87. The third-order valence-corrected chi connectivity index (χ3v) is 20.9. The minimum absolute atomic E-state index is 0.153. The molecule has 35 heteroatoms. The number of aromatic amines is 1. The van der Waals surface area contributed by atoms with Crippen LogP contribution in [-0.2, 0) is 56.6 Å². The highest BCUT2D eigenvalue weighted by molar-refractivity contribution is 7.17. The second-order valence-corrected chi connectivity index (χ2v) is 31.8. The van der Waals surface area contributed by atoms with Crippen molar-refractivity contribution in [3.05, 3.63) is 278 Å². The van der Waals surface area contributed by atoms with Gasteiger partial charge in [-0.3, -0.25) is 24.0 Å². The summed E-state index contributed by atoms with van der Waals surface area (Å²) in [6.45, 7) is 13.5. The number of fused-ring (bicyclic) bond motifs is 3. The zero-order valence-corrected chi connectivity index (χ0v) is 74.8. The van der Waals surface area contributed by atoms with Crippen LogP contribution in [0.15, 0.2) is 188 Å². The van der Waals surface area contributed by atoms with Crippen LogP contribution in [0.3, 0.4) is 0 Å². The van der Waals surface area contributed by atoms with Crippen LogP contribution in [0.4, 0.5) is 4.39 Å². The van der Waals surface area contributed by atoms with E-state index in [9.17, 15) is 28.4 Å². The lowest BCUT2D eigenvalue weighted by Crippen LogP contribution is -2.39. The summed E-state index contributed by atoms with van der Waals surface area (Å²) in [6, 6.07) is 43.5. The molecule has 0 unspecified atom stereocenters. The maximum absolute atomic E-state index is 12.8. The molecule has 7 aromatic heterocycles. The van der Waals surface area contributed by atoms with Gasteiger partial charge in [-0.15, -0.1) is 11.3 Å². The van der Waals surface area contributed by atoms with Gasteiger partial charge in [0.25, 0.3) is 29.5 Å². The van der Waals surface area contributed by atoms with Gasteiger partial charge in [0, 0.05) is 80.1 Å². The van der Waals surface area contributed by atoms with E-state index in [1.165, 1.54) is 94.7 Å². The van der Waals surface area contributed by atoms with Gasteiger partial charge in [0.1, 0.15) is 30.9 Å². The molecule has 0 saturated carbocycles. The minimum atomic E-state index is -0.735. The predicted molar refractivity (Wildman–Crippen MR) is 479 cm³/mol. The molecule has 8 heterocycles. The summed E-state index contributed by atoms with van der Waals surface area (Å²) >= 11 is 60.9. The Morgan fingerprint density at radius 2 is 0.746 bits per heavy atom. The first-order valence-corrected chi connectivity index (χ1v) is 42.8. The highest BCUT2D eigenvalue weighted by Crippen LogP contribution is 2.35. The topological polar surface area (TPSA) is 290 Å². The third-order valence-electron chi connectivity index (χ3n) is 17.6. The molecule has 122 heavy (non-hydrogen) atoms. The molecule has 0 spiro atoms. The van der Waals surface area contributed by atoms with Gasteiger partial charge >= 0.3 is 0 Å². The van der Waals surface area contributed by atoms with Gasteiger partial charge in [-0.1, -0.05) is 211 Å². The molecule has 0 fully saturated rings. The summed E-state index contributed by atoms with van der Waals surface area (Å²) in [5, 5.41) is 22.0. The lowest BCUT2D eigenvalue weighted by molar-refractivity contribution is -0.129. The fourth-order valence-corrected chi connectivity index (χ4v) is 14.0. The van der Waals surface area contributed by atoms with Crippen LogP contribution in [0.1, 0.15) is 100 Å². The van der Waals surface area contributed by atoms with Crippen molar-refractivity contribution in [2.24, 2.45) is 0 Å². The Balaban J connectivity index is 0.000000173. The first kappa shape index (κ1) is 96.0. The molecule has 5 atom stereocenters. The van der Waals surface area contributed by atoms with Crippen molar-refractivity contribution in [3.63, 3.8) is 0 Å². The fraction of sp³-hybridized carbons (Fsp3) is 0.264. The Morgan fingerprint density at radius 3 is 1.15 bits per heavy atom. The molecule has 0 aliphatic carbocycles. The van der Waals surface area contributed by atoms with Gasteiger partial charge in [0.2, 0.25) is 36.2 Å². The molecule has 5 aromatic carbocycles. The number of carbonyl (C=O) groups excluding carboxylic acids is 5. The van der Waals surface area contributed by atoms with E-state index in [0.29, 0.717) is 94.9 Å². The van der Waals surface area contributed by atoms with Crippen molar-refractivity contribution in [2.75, 3.05) is 13.3 Å². The minimum Gasteiger partial charge on any atom is -0.463 e. The number of rotatable bonds is 31. The number of nitrogens with zero attached hydrogens (tertiary/aromatic N) is 5. The summed E-state index contributed by atoms with van der Waals surface area (Å²) in [6.07, 6.45) is 8.73. The highest BCUT2D eigenvalue weighted by Gasteiger charge is 2.26. The molecule has 1 aliphatic rings. The first-order chi connectivity index (χ1) is 58.7. The molecule has 23 nitrogen and oxygen atoms in total. The molecule has 0 radical (unpaired) electrons. The summed E-state index contributed by atoms with van der Waals surface area (Å²) < 4.78 is 52.7. The van der Waals surface area contributed by atoms with Crippen molar-refractivity contribution in [1.82, 2.24) is 56.5 Å². The van der Waals surface area contributed by atoms with E-state index in [-0.39, 0.29) is 103 Å². The van der Waals surface area contributed by atoms with Crippen LogP contribution in [0, 0.1) is 12.7 Å². The maximum Gasteiger partial charge on any atom is 0.261 e. The van der Waals surface area contributed by atoms with Crippen LogP contribution in [0.2, 0.25) is 50.2 Å². The lowest BCUT2D eigenvalue weighted by atomic mass is 10.1. The standard InChI is InChI=1S/C18H17Cl2N3O2.C18H16Cl2N2O2S.C18H20Cl2N2O2.C17H16Cl2N2O4.C16H15Cl2FN2O2/c1-2-16(25-18-14(20)8-13(19)10-23-18)17(24)22-9-11-3-4-15-12(7-11)5-6-21-15;1-2-15(24-18-14(20)8-13(19)10-22-18)17(23)21-9-11-3-4-16-12(7-11)5-6-25-16;1-3-16(24-18-15(20)10-14(19)11-22-18)17(23)21-9-8-13-6-4-12(2)5-7-13;1-2-13(25-17-12(19)6-11(18)8-21-17)16(22)20-7-10-3-4-14-15(5-10)24-9-23-14;1-2-14(23-16-13(18)7-11(17)9-21-16)15(22)20-8-10-3-5-12(19)6-4-10/h3-8,10,16,21H,2,9H2,1H3,(H,22,24);3-8,10,15H,2,9H2,1H3,(H,21,23);4-7,10-11,16H,3,8-9H2,1-2H3,(H,21,23);3-6,8,13H,2,7,9H2,1H3,(H,20,22);3-7,9,14H,2,8H2,1H3,(H,20,22)/t16-;15-;16-;13-;14-/m11111/s1. The second kappa shape index (κ2) is 48.8. The smallest absolute Gasteiger partial charge is 0.261 e. The number of benzene rings is 5. The number of aromatic nitrogens is 6. The van der Waals surface area contributed by atoms with Gasteiger partial charge in [-0.2, -0.15) is 0 Å². The average molecular weight is 1880 g/mol. The summed E-state index contributed by atoms with van der Waals surface area (Å²) in [7, 11) is 0. The molecular weight excluding hydrogens is 1800 g/mol. The first-order valence-electron chi connectivity index (χ1n) is 38.2. The molecule has 13 rings (SSSR count). The van der Waals surface area contributed by atoms with Crippen LogP contribution in [0.25, 0.3) is 21.0 Å². The number of ether oxygens (including phenoxy) is 7. The van der Waals surface area contributed by atoms with Crippen molar-refractivity contribution < 1.29 is 61.5 Å². The SMILES string of the molecule is CC[C@@H](Oc1ncc(Cl)cc1Cl)C(=O)NCCc1ccc(C)cc1.CC[C@@H](Oc1ncc(Cl)cc1Cl)C(=O)NCc1ccc(F)cc1.CC[C@@H](Oc1ncc(Cl)cc1Cl)C(=O)NCc1ccc2[nH]ccc2c1.CC[C@@H](Oc1ncc(Cl)cc1Cl)C(=O)NCc1ccc2c(c1)OCO2.CC[C@@H](Oc1ncc(Cl)cc1Cl)C(=O)NCc1ccc2sccc2c1. The number of halogens is 11. The molecule has 0 saturated heterocycles. The number of hydrogen-bond acceptors (Lipinski definition) is 18. The van der Waals surface area contributed by atoms with Crippen molar-refractivity contribution in [1.29, 1.82) is 0 Å². The molecular formula is C87H84Cl10FN11O12S. The number of H-pyrrole nitrogens is 1. The van der Waals surface area contributed by atoms with E-state index in [1.54, 1.807) is 23.5 Å². The molecule has 1 aliphatic heterocycles. The van der Waals surface area contributed by atoms with Crippen molar-refractivity contribution in [2.45, 2.75) is 137 Å². The molecule has 642 valence electrons. The van der Waals surface area contributed by atoms with E-state index in [0.717, 1.165) is 39.6 Å². The summed E-state index contributed by atoms with van der Waals surface area (Å²) in [4.78, 5) is 84.8. The Bertz CT molecular complexity index is 5350. The lowest BCUT2D eigenvalue weighted by Gasteiger charge is -2.17. The zero-order valence-electron chi connectivity index (χ0n) is 66.5. The highest BCUT2D eigenvalue weighted by atomic mass is 35.5. The van der Waals surface area contributed by atoms with Crippen molar-refractivity contribution in [3.8, 4) is 40.9 Å². The number of hydrogen-bond donors (Lipinski definition) is 6. The van der Waals surface area contributed by atoms with Crippen LogP contribution < -0.4 is 59.7 Å². The fourth-order valence-electron chi connectivity index (χ4n) is 11.1. The summed E-state index contributed by atoms with van der Waals surface area (Å²) in [5.41, 5.74) is 7.20. The largest absolute Gasteiger partial charge is 0.463 e. The van der Waals surface area contributed by atoms with Gasteiger partial charge in [0.15, 0.2) is 42.0 Å². The Morgan fingerprint density at radius 1 is 0.402 bits per heavy atom. The number of nitrogens with one attached hydrogen (secondary N) is 6. The second-order valence-electron chi connectivity index (χ2n) is 26.7. The molecule has 0 bridgehead atoms. The monoisotopic (exact) mass is 1880 g/mol. The molecule has 5 amide bonds. The number of thiophene rings is 1. The van der Waals surface area contributed by atoms with Crippen LogP contribution in [0.5, 0.6) is 40.9 Å². The van der Waals surface area contributed by atoms with Crippen molar-refractivity contribution >= 4 is 178 Å². The third kappa shape index (κ3) is 30.3. The molecule has 6 N–H and O–H groups in total. The molecule has 12 aromatic rings. The van der Waals surface area contributed by atoms with E-state index in [1.807, 2.05) is 96.3 Å². The summed E-state index contributed by atoms with van der Waals surface area (Å²) in [5.74, 6) is 0.825. The van der Waals surface area contributed by atoms with Gasteiger partial charge in [-0.05, 0) is 180 Å². The number of pyridine rings is 5. The average Bonchev–Trinajstić information content (AvgIpc) is 1.73. The Kier molecular flexibility index (Phi) is 38.4. The van der Waals surface area contributed by atoms with E-state index in [2.05, 4.69) is 104 Å². The van der Waals surface area contributed by atoms with Gasteiger partial charge in [-0.25, -0.2) is 29.3 Å². The quantitative estimate of drug-likeness (QED) is 0.0235. The number of aryl methyl sites for hydroxylation is 1. The predicted octanol–water partition coefficient (Wildman–Crippen LogP) is 21.2. The maximum atomic E-state index is 12.8. The van der Waals surface area contributed by atoms with Gasteiger partial charge < -0.3 is 64.7 Å². The van der Waals surface area contributed by atoms with E-state index < -0.39 is 30.5 Å². The van der Waals surface area contributed by atoms with E-state index in [4.69, 9.17) is 149 Å².